The van der Waals surface area contributed by atoms with E-state index in [4.69, 9.17) is 0 Å². The molecule has 0 saturated heterocycles. The van der Waals surface area contributed by atoms with Gasteiger partial charge in [0.1, 0.15) is 0 Å². The van der Waals surface area contributed by atoms with Crippen molar-refractivity contribution in [2.75, 3.05) is 0 Å². The van der Waals surface area contributed by atoms with Gasteiger partial charge in [0, 0.05) is 0 Å². The average Bonchev–Trinajstić information content (AvgIpc) is 2.72. The van der Waals surface area contributed by atoms with Crippen LogP contribution in [-0.4, -0.2) is 35.6 Å². The number of rotatable bonds is 4. The standard InChI is InChI=1S/C9H10N4Se/c1-2-4-8(5-3-1)14-7-6-9-10-12-13-11-9/h1-5H,6-7H2,(H,10,11,12,13). The predicted molar refractivity (Wildman–Crippen MR) is 54.5 cm³/mol. The molecule has 1 aromatic carbocycles. The number of H-pyrrole nitrogens is 1. The van der Waals surface area contributed by atoms with Crippen molar-refractivity contribution in [1.82, 2.24) is 20.6 Å². The Hall–Kier alpha value is -1.19. The molecular formula is C9H10N4Se. The van der Waals surface area contributed by atoms with Crippen LogP contribution in [0.25, 0.3) is 0 Å². The fraction of sp³-hybridized carbons (Fsp3) is 0.222. The molecule has 2 aromatic rings. The number of aromatic amines is 1. The monoisotopic (exact) mass is 254 g/mol. The minimum absolute atomic E-state index is 0.516. The number of nitrogens with zero attached hydrogens (tertiary/aromatic N) is 3. The van der Waals surface area contributed by atoms with E-state index in [9.17, 15) is 0 Å². The molecular weight excluding hydrogens is 243 g/mol. The molecule has 5 heteroatoms. The summed E-state index contributed by atoms with van der Waals surface area (Å²) in [6.45, 7) is 0. The molecule has 0 aliphatic heterocycles. The molecule has 0 amide bonds. The summed E-state index contributed by atoms with van der Waals surface area (Å²) in [5, 5.41) is 14.9. The Kier molecular flexibility index (Phi) is 3.27. The van der Waals surface area contributed by atoms with Crippen LogP contribution in [0.2, 0.25) is 5.32 Å². The second kappa shape index (κ2) is 4.88. The average molecular weight is 253 g/mol. The summed E-state index contributed by atoms with van der Waals surface area (Å²) in [6, 6.07) is 10.5. The topological polar surface area (TPSA) is 54.5 Å². The van der Waals surface area contributed by atoms with Crippen LogP contribution in [0.15, 0.2) is 30.3 Å². The van der Waals surface area contributed by atoms with Crippen molar-refractivity contribution < 1.29 is 0 Å². The van der Waals surface area contributed by atoms with Crippen molar-refractivity contribution in [1.29, 1.82) is 0 Å². The zero-order valence-corrected chi connectivity index (χ0v) is 9.26. The normalized spacial score (nSPS) is 10.3. The molecule has 0 saturated carbocycles. The predicted octanol–water partition coefficient (Wildman–Crippen LogP) is 0.190. The van der Waals surface area contributed by atoms with Gasteiger partial charge in [0.05, 0.1) is 0 Å². The summed E-state index contributed by atoms with van der Waals surface area (Å²) < 4.78 is 1.42. The summed E-state index contributed by atoms with van der Waals surface area (Å²) in [6.07, 6.45) is 0.908. The van der Waals surface area contributed by atoms with Crippen molar-refractivity contribution in [2.24, 2.45) is 0 Å². The zero-order chi connectivity index (χ0) is 9.64. The number of tetrazole rings is 1. The summed E-state index contributed by atoms with van der Waals surface area (Å²) in [5.74, 6) is 0.808. The van der Waals surface area contributed by atoms with Gasteiger partial charge in [0.25, 0.3) is 0 Å². The van der Waals surface area contributed by atoms with Crippen LogP contribution in [0, 0.1) is 0 Å². The molecule has 1 heterocycles. The molecule has 1 aromatic heterocycles. The molecule has 14 heavy (non-hydrogen) atoms. The molecule has 72 valence electrons. The SMILES string of the molecule is c1ccc([Se]CCc2nn[nH]n2)cc1. The summed E-state index contributed by atoms with van der Waals surface area (Å²) in [7, 11) is 0. The zero-order valence-electron chi connectivity index (χ0n) is 7.55. The van der Waals surface area contributed by atoms with Gasteiger partial charge in [0.15, 0.2) is 0 Å². The second-order valence-corrected chi connectivity index (χ2v) is 5.19. The Morgan fingerprint density at radius 2 is 2.07 bits per heavy atom. The van der Waals surface area contributed by atoms with Crippen molar-refractivity contribution >= 4 is 19.4 Å². The van der Waals surface area contributed by atoms with Crippen molar-refractivity contribution in [3.8, 4) is 0 Å². The van der Waals surface area contributed by atoms with Gasteiger partial charge < -0.3 is 0 Å². The van der Waals surface area contributed by atoms with Crippen LogP contribution in [0.3, 0.4) is 0 Å². The van der Waals surface area contributed by atoms with Crippen molar-refractivity contribution in [3.63, 3.8) is 0 Å². The van der Waals surface area contributed by atoms with Crippen LogP contribution < -0.4 is 4.46 Å². The van der Waals surface area contributed by atoms with E-state index in [1.165, 1.54) is 4.46 Å². The van der Waals surface area contributed by atoms with E-state index < -0.39 is 0 Å². The maximum absolute atomic E-state index is 3.91. The van der Waals surface area contributed by atoms with Crippen molar-refractivity contribution in [3.05, 3.63) is 36.2 Å². The molecule has 1 N–H and O–H groups in total. The molecule has 0 atom stereocenters. The molecule has 2 rings (SSSR count). The fourth-order valence-electron chi connectivity index (χ4n) is 1.07. The van der Waals surface area contributed by atoms with E-state index in [2.05, 4.69) is 44.9 Å². The van der Waals surface area contributed by atoms with Gasteiger partial charge in [-0.2, -0.15) is 0 Å². The second-order valence-electron chi connectivity index (χ2n) is 2.74. The van der Waals surface area contributed by atoms with E-state index in [0.29, 0.717) is 15.0 Å². The molecule has 0 spiro atoms. The van der Waals surface area contributed by atoms with E-state index in [-0.39, 0.29) is 0 Å². The first kappa shape index (κ1) is 9.37. The quantitative estimate of drug-likeness (QED) is 0.791. The van der Waals surface area contributed by atoms with E-state index in [0.717, 1.165) is 17.6 Å². The number of aromatic nitrogens is 4. The van der Waals surface area contributed by atoms with Gasteiger partial charge >= 0.3 is 87.9 Å². The van der Waals surface area contributed by atoms with E-state index in [1.807, 2.05) is 6.07 Å². The third-order valence-electron chi connectivity index (χ3n) is 1.73. The third-order valence-corrected chi connectivity index (χ3v) is 3.85. The van der Waals surface area contributed by atoms with Gasteiger partial charge in [-0.1, -0.05) is 0 Å². The van der Waals surface area contributed by atoms with Gasteiger partial charge in [-0.15, -0.1) is 0 Å². The summed E-state index contributed by atoms with van der Waals surface area (Å²) in [4.78, 5) is 0. The first-order valence-corrected chi connectivity index (χ1v) is 6.42. The molecule has 0 fully saturated rings. The first-order valence-electron chi connectivity index (χ1n) is 4.35. The molecule has 4 nitrogen and oxygen atoms in total. The van der Waals surface area contributed by atoms with Gasteiger partial charge in [-0.05, 0) is 0 Å². The first-order chi connectivity index (χ1) is 6.95. The molecule has 0 radical (unpaired) electrons. The Morgan fingerprint density at radius 3 is 2.79 bits per heavy atom. The molecule has 0 aliphatic carbocycles. The van der Waals surface area contributed by atoms with Crippen LogP contribution in [0.5, 0.6) is 0 Å². The van der Waals surface area contributed by atoms with Crippen LogP contribution in [0.1, 0.15) is 5.82 Å². The number of hydrogen-bond donors (Lipinski definition) is 1. The van der Waals surface area contributed by atoms with E-state index >= 15 is 0 Å². The van der Waals surface area contributed by atoms with Crippen molar-refractivity contribution in [2.45, 2.75) is 11.7 Å². The maximum atomic E-state index is 3.91. The van der Waals surface area contributed by atoms with Gasteiger partial charge in [-0.25, -0.2) is 0 Å². The molecule has 0 aliphatic rings. The summed E-state index contributed by atoms with van der Waals surface area (Å²) in [5.41, 5.74) is 0. The third kappa shape index (κ3) is 2.65. The fourth-order valence-corrected chi connectivity index (χ4v) is 2.89. The number of nitrogens with one attached hydrogen (secondary N) is 1. The molecule has 0 bridgehead atoms. The Balaban J connectivity index is 1.79. The van der Waals surface area contributed by atoms with Crippen LogP contribution in [0.4, 0.5) is 0 Å². The Labute approximate surface area is 88.3 Å². The van der Waals surface area contributed by atoms with E-state index in [1.54, 1.807) is 0 Å². The van der Waals surface area contributed by atoms with Gasteiger partial charge in [0.2, 0.25) is 0 Å². The number of hydrogen-bond acceptors (Lipinski definition) is 3. The Bertz CT molecular complexity index is 360. The van der Waals surface area contributed by atoms with Gasteiger partial charge in [-0.3, -0.25) is 0 Å². The Morgan fingerprint density at radius 1 is 1.21 bits per heavy atom. The van der Waals surface area contributed by atoms with Crippen LogP contribution in [-0.2, 0) is 6.42 Å². The number of benzene rings is 1. The summed E-state index contributed by atoms with van der Waals surface area (Å²) >= 11 is 0.516. The van der Waals surface area contributed by atoms with Crippen LogP contribution >= 0.6 is 0 Å². The number of aryl methyl sites for hydroxylation is 1. The molecule has 0 unspecified atom stereocenters. The minimum atomic E-state index is 0.516.